The van der Waals surface area contributed by atoms with Gasteiger partial charge in [0.05, 0.1) is 16.2 Å². The van der Waals surface area contributed by atoms with Crippen LogP contribution in [0.15, 0.2) is 46.9 Å². The molecule has 4 aliphatic carbocycles. The van der Waals surface area contributed by atoms with Gasteiger partial charge in [0.15, 0.2) is 9.84 Å². The zero-order valence-electron chi connectivity index (χ0n) is 21.6. The Morgan fingerprint density at radius 3 is 2.47 bits per heavy atom. The lowest BCUT2D eigenvalue weighted by Gasteiger charge is -2.63. The molecule has 1 aromatic carbocycles. The molecule has 34 heavy (non-hydrogen) atoms. The molecule has 5 rings (SSSR count). The second kappa shape index (κ2) is 8.47. The first-order chi connectivity index (χ1) is 16.0. The van der Waals surface area contributed by atoms with Crippen LogP contribution in [0, 0.1) is 40.4 Å². The summed E-state index contributed by atoms with van der Waals surface area (Å²) in [5, 5.41) is 10.7. The summed E-state index contributed by atoms with van der Waals surface area (Å²) >= 11 is 0. The molecule has 8 atom stereocenters. The quantitative estimate of drug-likeness (QED) is 0.477. The Labute approximate surface area is 207 Å². The van der Waals surface area contributed by atoms with E-state index in [1.807, 2.05) is 25.1 Å². The highest BCUT2D eigenvalue weighted by molar-refractivity contribution is 7.91. The molecule has 3 nitrogen and oxygen atoms in total. The molecule has 0 saturated heterocycles. The van der Waals surface area contributed by atoms with Gasteiger partial charge in [0.1, 0.15) is 0 Å². The lowest BCUT2D eigenvalue weighted by molar-refractivity contribution is -0.112. The number of benzene rings is 1. The highest BCUT2D eigenvalue weighted by Gasteiger charge is 2.58. The van der Waals surface area contributed by atoms with E-state index in [0.717, 1.165) is 32.1 Å². The van der Waals surface area contributed by atoms with E-state index in [4.69, 9.17) is 0 Å². The zero-order chi connectivity index (χ0) is 24.4. The van der Waals surface area contributed by atoms with Crippen molar-refractivity contribution in [1.82, 2.24) is 0 Å². The maximum absolute atomic E-state index is 13.2. The number of allylic oxidation sites excluding steroid dienone is 1. The number of sulfone groups is 1. The van der Waals surface area contributed by atoms with E-state index >= 15 is 0 Å². The van der Waals surface area contributed by atoms with Crippen molar-refractivity contribution in [3.8, 4) is 0 Å². The van der Waals surface area contributed by atoms with Crippen LogP contribution in [0.4, 0.5) is 0 Å². The second-order valence-corrected chi connectivity index (χ2v) is 15.1. The Morgan fingerprint density at radius 1 is 1.00 bits per heavy atom. The molecule has 0 aliphatic heterocycles. The molecule has 0 aromatic heterocycles. The van der Waals surface area contributed by atoms with E-state index in [2.05, 4.69) is 26.8 Å². The van der Waals surface area contributed by atoms with Crippen LogP contribution in [0.2, 0.25) is 0 Å². The van der Waals surface area contributed by atoms with Crippen molar-refractivity contribution in [3.63, 3.8) is 0 Å². The fourth-order valence-corrected chi connectivity index (χ4v) is 10.9. The summed E-state index contributed by atoms with van der Waals surface area (Å²) in [5.41, 5.74) is 1.44. The van der Waals surface area contributed by atoms with Crippen molar-refractivity contribution in [3.05, 3.63) is 42.0 Å². The summed E-state index contributed by atoms with van der Waals surface area (Å²) in [7, 11) is -3.27. The molecule has 0 amide bonds. The molecule has 4 aliphatic rings. The van der Waals surface area contributed by atoms with E-state index in [-0.39, 0.29) is 22.5 Å². The van der Waals surface area contributed by atoms with Gasteiger partial charge in [-0.1, -0.05) is 57.0 Å². The van der Waals surface area contributed by atoms with E-state index in [1.54, 1.807) is 12.1 Å². The number of fused-ring (bicyclic) bond motifs is 5. The third-order valence-corrected chi connectivity index (χ3v) is 12.9. The average molecular weight is 485 g/mol. The fraction of sp³-hybridized carbons (Fsp3) is 0.733. The molecule has 1 aromatic rings. The first-order valence-corrected chi connectivity index (χ1v) is 15.3. The first-order valence-electron chi connectivity index (χ1n) is 13.7. The standard InChI is InChI=1S/C30H44O3S/c1-21(20-34(32,33)23-9-6-5-7-10-23)25-11-8-12-26-24-14-13-22-19-28(2,31)17-18-29(22,3)27(24)15-16-30(25,26)4/h5-7,9-10,13,21,24-27,31H,8,11-12,14-20H2,1-4H3/t21-,24+,25?,26+,27+,28+,29+,30-/m1/s1. The lowest BCUT2D eigenvalue weighted by atomic mass is 9.42. The monoisotopic (exact) mass is 484 g/mol. The minimum absolute atomic E-state index is 0.171. The van der Waals surface area contributed by atoms with Gasteiger partial charge in [0, 0.05) is 0 Å². The maximum Gasteiger partial charge on any atom is 0.178 e. The summed E-state index contributed by atoms with van der Waals surface area (Å²) in [6, 6.07) is 9.02. The average Bonchev–Trinajstić information content (AvgIpc) is 2.78. The summed E-state index contributed by atoms with van der Waals surface area (Å²) in [6.07, 6.45) is 12.7. The smallest absolute Gasteiger partial charge is 0.178 e. The second-order valence-electron chi connectivity index (χ2n) is 13.1. The Morgan fingerprint density at radius 2 is 1.74 bits per heavy atom. The number of hydrogen-bond acceptors (Lipinski definition) is 3. The zero-order valence-corrected chi connectivity index (χ0v) is 22.4. The van der Waals surface area contributed by atoms with E-state index in [0.29, 0.717) is 28.6 Å². The number of rotatable bonds is 4. The van der Waals surface area contributed by atoms with Crippen LogP contribution in [-0.2, 0) is 9.84 Å². The van der Waals surface area contributed by atoms with E-state index in [9.17, 15) is 13.5 Å². The van der Waals surface area contributed by atoms with Gasteiger partial charge in [-0.3, -0.25) is 0 Å². The van der Waals surface area contributed by atoms with Gasteiger partial charge >= 0.3 is 0 Å². The molecule has 1 unspecified atom stereocenters. The van der Waals surface area contributed by atoms with Gasteiger partial charge in [-0.15, -0.1) is 0 Å². The maximum atomic E-state index is 13.2. The molecular weight excluding hydrogens is 440 g/mol. The minimum atomic E-state index is -3.27. The van der Waals surface area contributed by atoms with E-state index in [1.165, 1.54) is 31.3 Å². The Hall–Kier alpha value is -1.13. The van der Waals surface area contributed by atoms with Crippen molar-refractivity contribution in [2.45, 2.75) is 96.0 Å². The molecule has 188 valence electrons. The predicted octanol–water partition coefficient (Wildman–Crippen LogP) is 6.82. The Kier molecular flexibility index (Phi) is 6.12. The van der Waals surface area contributed by atoms with Crippen LogP contribution in [0.3, 0.4) is 0 Å². The Bertz CT molecular complexity index is 1040. The lowest BCUT2D eigenvalue weighted by Crippen LogP contribution is -2.55. The summed E-state index contributed by atoms with van der Waals surface area (Å²) in [6.45, 7) is 9.21. The topological polar surface area (TPSA) is 54.4 Å². The first kappa shape index (κ1) is 24.6. The molecule has 4 heteroatoms. The highest BCUT2D eigenvalue weighted by atomic mass is 32.2. The summed E-state index contributed by atoms with van der Waals surface area (Å²) < 4.78 is 26.4. The van der Waals surface area contributed by atoms with Gasteiger partial charge in [0.2, 0.25) is 0 Å². The van der Waals surface area contributed by atoms with Crippen LogP contribution in [0.5, 0.6) is 0 Å². The van der Waals surface area contributed by atoms with Crippen molar-refractivity contribution >= 4 is 9.84 Å². The summed E-state index contributed by atoms with van der Waals surface area (Å²) in [5.74, 6) is 3.00. The number of aliphatic hydroxyl groups is 1. The molecule has 0 spiro atoms. The molecule has 0 radical (unpaired) electrons. The van der Waals surface area contributed by atoms with Gasteiger partial charge in [-0.05, 0) is 111 Å². The largest absolute Gasteiger partial charge is 0.390 e. The minimum Gasteiger partial charge on any atom is -0.390 e. The van der Waals surface area contributed by atoms with Gasteiger partial charge in [-0.25, -0.2) is 8.42 Å². The molecular formula is C30H44O3S. The SMILES string of the molecule is C[C@H](CS(=O)(=O)c1ccccc1)C1CCC[C@H]2[C@@H]3CC=C4C[C@@](C)(O)CC[C@]4(C)[C@H]3CC[C@]12C. The number of hydrogen-bond donors (Lipinski definition) is 1. The van der Waals surface area contributed by atoms with Crippen molar-refractivity contribution < 1.29 is 13.5 Å². The molecule has 3 fully saturated rings. The molecule has 3 saturated carbocycles. The van der Waals surface area contributed by atoms with Crippen LogP contribution in [-0.4, -0.2) is 24.9 Å². The summed E-state index contributed by atoms with van der Waals surface area (Å²) in [4.78, 5) is 0.467. The van der Waals surface area contributed by atoms with Crippen LogP contribution >= 0.6 is 0 Å². The normalized spacial score (nSPS) is 43.1. The highest BCUT2D eigenvalue weighted by Crippen LogP contribution is 2.66. The third kappa shape index (κ3) is 4.01. The molecule has 0 heterocycles. The van der Waals surface area contributed by atoms with Crippen LogP contribution < -0.4 is 0 Å². The van der Waals surface area contributed by atoms with Crippen LogP contribution in [0.25, 0.3) is 0 Å². The fourth-order valence-electron chi connectivity index (χ4n) is 9.16. The van der Waals surface area contributed by atoms with Crippen LogP contribution in [0.1, 0.15) is 85.5 Å². The van der Waals surface area contributed by atoms with Crippen molar-refractivity contribution in [1.29, 1.82) is 0 Å². The predicted molar refractivity (Wildman–Crippen MR) is 138 cm³/mol. The van der Waals surface area contributed by atoms with Crippen molar-refractivity contribution in [2.24, 2.45) is 40.4 Å². The van der Waals surface area contributed by atoms with Gasteiger partial charge in [-0.2, -0.15) is 0 Å². The van der Waals surface area contributed by atoms with Crippen molar-refractivity contribution in [2.75, 3.05) is 5.75 Å². The van der Waals surface area contributed by atoms with E-state index < -0.39 is 15.4 Å². The third-order valence-electron chi connectivity index (χ3n) is 11.0. The Balaban J connectivity index is 1.39. The van der Waals surface area contributed by atoms with Gasteiger partial charge in [0.25, 0.3) is 0 Å². The molecule has 1 N–H and O–H groups in total. The molecule has 0 bridgehead atoms. The van der Waals surface area contributed by atoms with Gasteiger partial charge < -0.3 is 5.11 Å².